The molecule has 0 aliphatic carbocycles. The number of alkyl halides is 1. The van der Waals surface area contributed by atoms with Crippen molar-refractivity contribution in [3.05, 3.63) is 0 Å². The first-order valence-electron chi connectivity index (χ1n) is 3.61. The van der Waals surface area contributed by atoms with Crippen LogP contribution in [0.5, 0.6) is 0 Å². The van der Waals surface area contributed by atoms with Crippen molar-refractivity contribution < 1.29 is 4.39 Å². The van der Waals surface area contributed by atoms with Crippen molar-refractivity contribution in [1.29, 1.82) is 0 Å². The third-order valence-corrected chi connectivity index (χ3v) is 1.55. The van der Waals surface area contributed by atoms with Crippen LogP contribution in [0.4, 0.5) is 4.39 Å². The van der Waals surface area contributed by atoms with Crippen LogP contribution in [-0.2, 0) is 0 Å². The van der Waals surface area contributed by atoms with E-state index in [-0.39, 0.29) is 6.67 Å². The van der Waals surface area contributed by atoms with Crippen molar-refractivity contribution >= 4 is 0 Å². The fraction of sp³-hybridized carbons (Fsp3) is 1.00. The van der Waals surface area contributed by atoms with Gasteiger partial charge in [0.15, 0.2) is 0 Å². The number of nitrogens with two attached hydrogens (primary N) is 1. The molecule has 1 unspecified atom stereocenters. The lowest BCUT2D eigenvalue weighted by Crippen LogP contribution is -2.14. The molecule has 0 aromatic heterocycles. The van der Waals surface area contributed by atoms with E-state index in [1.54, 1.807) is 0 Å². The molecule has 0 aromatic carbocycles. The van der Waals surface area contributed by atoms with E-state index in [4.69, 9.17) is 5.73 Å². The highest BCUT2D eigenvalue weighted by molar-refractivity contribution is 4.57. The largest absolute Gasteiger partial charge is 0.330 e. The average Bonchev–Trinajstić information content (AvgIpc) is 1.88. The highest BCUT2D eigenvalue weighted by atomic mass is 19.1. The molecule has 0 rings (SSSR count). The minimum absolute atomic E-state index is 0.220. The predicted molar refractivity (Wildman–Crippen MR) is 38.0 cm³/mol. The zero-order chi connectivity index (χ0) is 7.11. The first-order valence-corrected chi connectivity index (χ1v) is 3.61. The maximum Gasteiger partial charge on any atom is 0.0897 e. The Labute approximate surface area is 56.4 Å². The van der Waals surface area contributed by atoms with Crippen LogP contribution >= 0.6 is 0 Å². The van der Waals surface area contributed by atoms with Gasteiger partial charge in [-0.05, 0) is 25.3 Å². The Balaban J connectivity index is 3.18. The lowest BCUT2D eigenvalue weighted by atomic mass is 10.0. The van der Waals surface area contributed by atoms with Crippen molar-refractivity contribution in [2.45, 2.75) is 26.2 Å². The lowest BCUT2D eigenvalue weighted by Gasteiger charge is -2.09. The first-order chi connectivity index (χ1) is 4.35. The number of halogens is 1. The fourth-order valence-electron chi connectivity index (χ4n) is 0.943. The Bertz CT molecular complexity index is 50.9. The quantitative estimate of drug-likeness (QED) is 0.607. The minimum Gasteiger partial charge on any atom is -0.330 e. The number of rotatable bonds is 5. The van der Waals surface area contributed by atoms with E-state index in [9.17, 15) is 4.39 Å². The van der Waals surface area contributed by atoms with Crippen LogP contribution in [0, 0.1) is 5.92 Å². The zero-order valence-corrected chi connectivity index (χ0v) is 6.07. The van der Waals surface area contributed by atoms with E-state index in [1.807, 2.05) is 0 Å². The Morgan fingerprint density at radius 1 is 1.44 bits per heavy atom. The van der Waals surface area contributed by atoms with E-state index >= 15 is 0 Å². The molecule has 1 nitrogen and oxygen atoms in total. The SMILES string of the molecule is CCCC(CN)CCF. The normalized spacial score (nSPS) is 13.7. The second kappa shape index (κ2) is 6.02. The Kier molecular flexibility index (Phi) is 5.94. The third-order valence-electron chi connectivity index (χ3n) is 1.55. The minimum atomic E-state index is -0.220. The van der Waals surface area contributed by atoms with Gasteiger partial charge in [0.05, 0.1) is 6.67 Å². The van der Waals surface area contributed by atoms with E-state index < -0.39 is 0 Å². The van der Waals surface area contributed by atoms with Gasteiger partial charge in [-0.1, -0.05) is 13.3 Å². The van der Waals surface area contributed by atoms with Crippen molar-refractivity contribution in [3.63, 3.8) is 0 Å². The summed E-state index contributed by atoms with van der Waals surface area (Å²) in [6, 6.07) is 0. The second-order valence-electron chi connectivity index (χ2n) is 2.37. The van der Waals surface area contributed by atoms with Gasteiger partial charge in [0.1, 0.15) is 0 Å². The molecular weight excluding hydrogens is 117 g/mol. The molecule has 0 aromatic rings. The molecule has 0 heterocycles. The lowest BCUT2D eigenvalue weighted by molar-refractivity contribution is 0.373. The van der Waals surface area contributed by atoms with Crippen LogP contribution in [0.1, 0.15) is 26.2 Å². The standard InChI is InChI=1S/C7H16FN/c1-2-3-7(6-9)4-5-8/h7H,2-6,9H2,1H3. The molecule has 0 spiro atoms. The highest BCUT2D eigenvalue weighted by Gasteiger charge is 2.02. The van der Waals surface area contributed by atoms with Crippen LogP contribution in [0.2, 0.25) is 0 Å². The van der Waals surface area contributed by atoms with E-state index in [0.717, 1.165) is 12.8 Å². The van der Waals surface area contributed by atoms with Crippen LogP contribution in [0.3, 0.4) is 0 Å². The van der Waals surface area contributed by atoms with Gasteiger partial charge < -0.3 is 5.73 Å². The molecule has 0 radical (unpaired) electrons. The predicted octanol–water partition coefficient (Wildman–Crippen LogP) is 1.72. The van der Waals surface area contributed by atoms with Crippen molar-refractivity contribution in [2.75, 3.05) is 13.2 Å². The molecule has 2 N–H and O–H groups in total. The van der Waals surface area contributed by atoms with Gasteiger partial charge in [-0.3, -0.25) is 4.39 Å². The molecule has 0 fully saturated rings. The zero-order valence-electron chi connectivity index (χ0n) is 6.07. The topological polar surface area (TPSA) is 26.0 Å². The monoisotopic (exact) mass is 133 g/mol. The van der Waals surface area contributed by atoms with Crippen LogP contribution in [-0.4, -0.2) is 13.2 Å². The second-order valence-corrected chi connectivity index (χ2v) is 2.37. The van der Waals surface area contributed by atoms with Gasteiger partial charge in [-0.2, -0.15) is 0 Å². The van der Waals surface area contributed by atoms with E-state index in [2.05, 4.69) is 6.92 Å². The van der Waals surface area contributed by atoms with Gasteiger partial charge in [0.25, 0.3) is 0 Å². The molecule has 0 aliphatic heterocycles. The van der Waals surface area contributed by atoms with Gasteiger partial charge in [0, 0.05) is 0 Å². The molecule has 56 valence electrons. The molecule has 0 saturated carbocycles. The summed E-state index contributed by atoms with van der Waals surface area (Å²) in [6.45, 7) is 2.51. The van der Waals surface area contributed by atoms with E-state index in [1.165, 1.54) is 0 Å². The van der Waals surface area contributed by atoms with Crippen molar-refractivity contribution in [2.24, 2.45) is 11.7 Å². The molecule has 1 atom stereocenters. The van der Waals surface area contributed by atoms with Crippen molar-refractivity contribution in [3.8, 4) is 0 Å². The molecule has 9 heavy (non-hydrogen) atoms. The summed E-state index contributed by atoms with van der Waals surface area (Å²) in [5, 5.41) is 0. The van der Waals surface area contributed by atoms with E-state index in [0.29, 0.717) is 18.9 Å². The van der Waals surface area contributed by atoms with Crippen LogP contribution in [0.25, 0.3) is 0 Å². The summed E-state index contributed by atoms with van der Waals surface area (Å²) in [4.78, 5) is 0. The fourth-order valence-corrected chi connectivity index (χ4v) is 0.943. The third kappa shape index (κ3) is 4.40. The number of hydrogen-bond donors (Lipinski definition) is 1. The smallest absolute Gasteiger partial charge is 0.0897 e. The summed E-state index contributed by atoms with van der Waals surface area (Å²) >= 11 is 0. The molecule has 0 saturated heterocycles. The molecular formula is C7H16FN. The summed E-state index contributed by atoms with van der Waals surface area (Å²) in [5.41, 5.74) is 5.38. The Morgan fingerprint density at radius 2 is 2.11 bits per heavy atom. The summed E-state index contributed by atoms with van der Waals surface area (Å²) < 4.78 is 11.7. The van der Waals surface area contributed by atoms with Gasteiger partial charge >= 0.3 is 0 Å². The molecule has 0 amide bonds. The average molecular weight is 133 g/mol. The number of hydrogen-bond acceptors (Lipinski definition) is 1. The van der Waals surface area contributed by atoms with Crippen LogP contribution in [0.15, 0.2) is 0 Å². The Morgan fingerprint density at radius 3 is 2.44 bits per heavy atom. The molecule has 0 aliphatic rings. The first kappa shape index (κ1) is 8.89. The maximum absolute atomic E-state index is 11.7. The molecule has 2 heteroatoms. The van der Waals surface area contributed by atoms with Gasteiger partial charge in [-0.15, -0.1) is 0 Å². The van der Waals surface area contributed by atoms with Crippen LogP contribution < -0.4 is 5.73 Å². The van der Waals surface area contributed by atoms with Crippen molar-refractivity contribution in [1.82, 2.24) is 0 Å². The molecule has 0 bridgehead atoms. The van der Waals surface area contributed by atoms with Gasteiger partial charge in [0.2, 0.25) is 0 Å². The van der Waals surface area contributed by atoms with Gasteiger partial charge in [-0.25, -0.2) is 0 Å². The summed E-state index contributed by atoms with van der Waals surface area (Å²) in [7, 11) is 0. The maximum atomic E-state index is 11.7. The summed E-state index contributed by atoms with van der Waals surface area (Å²) in [6.07, 6.45) is 2.83. The Hall–Kier alpha value is -0.110. The summed E-state index contributed by atoms with van der Waals surface area (Å²) in [5.74, 6) is 0.417. The highest BCUT2D eigenvalue weighted by Crippen LogP contribution is 2.08.